The highest BCUT2D eigenvalue weighted by atomic mass is 16.3. The van der Waals surface area contributed by atoms with Crippen LogP contribution >= 0.6 is 0 Å². The molecule has 0 atom stereocenters. The van der Waals surface area contributed by atoms with Crippen molar-refractivity contribution in [2.24, 2.45) is 0 Å². The molecule has 0 aliphatic carbocycles. The Labute approximate surface area is 119 Å². The van der Waals surface area contributed by atoms with Gasteiger partial charge in [0.25, 0.3) is 0 Å². The maximum Gasteiger partial charge on any atom is 0.222 e. The summed E-state index contributed by atoms with van der Waals surface area (Å²) in [6.45, 7) is 2.48. The lowest BCUT2D eigenvalue weighted by atomic mass is 10.1. The molecule has 1 aromatic carbocycles. The number of hydrogen-bond acceptors (Lipinski definition) is 3. The van der Waals surface area contributed by atoms with Gasteiger partial charge in [0.15, 0.2) is 0 Å². The van der Waals surface area contributed by atoms with E-state index in [9.17, 15) is 4.79 Å². The van der Waals surface area contributed by atoms with Gasteiger partial charge in [0.1, 0.15) is 5.76 Å². The number of nitrogens with two attached hydrogens (primary N) is 1. The van der Waals surface area contributed by atoms with Gasteiger partial charge in [0, 0.05) is 31.3 Å². The predicted octanol–water partition coefficient (Wildman–Crippen LogP) is 2.76. The molecule has 4 nitrogen and oxygen atoms in total. The van der Waals surface area contributed by atoms with Crippen molar-refractivity contribution in [1.29, 1.82) is 0 Å². The van der Waals surface area contributed by atoms with Gasteiger partial charge in [0.05, 0.1) is 6.26 Å². The molecule has 1 heterocycles. The second kappa shape index (κ2) is 6.28. The van der Waals surface area contributed by atoms with E-state index in [4.69, 9.17) is 10.2 Å². The van der Waals surface area contributed by atoms with Crippen LogP contribution in [0.1, 0.15) is 23.3 Å². The third-order valence-electron chi connectivity index (χ3n) is 3.46. The zero-order valence-electron chi connectivity index (χ0n) is 11.9. The SMILES string of the molecule is Cc1occc1CN(C)C(=O)CCc1ccccc1N. The van der Waals surface area contributed by atoms with Crippen LogP contribution in [-0.2, 0) is 17.8 Å². The fraction of sp³-hybridized carbons (Fsp3) is 0.312. The van der Waals surface area contributed by atoms with Crippen LogP contribution in [0.3, 0.4) is 0 Å². The maximum atomic E-state index is 12.1. The highest BCUT2D eigenvalue weighted by molar-refractivity contribution is 5.76. The van der Waals surface area contributed by atoms with Gasteiger partial charge < -0.3 is 15.1 Å². The van der Waals surface area contributed by atoms with Crippen LogP contribution < -0.4 is 5.73 Å². The Morgan fingerprint density at radius 2 is 2.00 bits per heavy atom. The number of hydrogen-bond donors (Lipinski definition) is 1. The number of aryl methyl sites for hydroxylation is 2. The van der Waals surface area contributed by atoms with Gasteiger partial charge in [-0.1, -0.05) is 18.2 Å². The number of carbonyl (C=O) groups is 1. The zero-order valence-corrected chi connectivity index (χ0v) is 11.9. The molecule has 0 fully saturated rings. The van der Waals surface area contributed by atoms with Gasteiger partial charge in [-0.15, -0.1) is 0 Å². The summed E-state index contributed by atoms with van der Waals surface area (Å²) in [5, 5.41) is 0. The first-order valence-electron chi connectivity index (χ1n) is 6.68. The molecule has 0 saturated heterocycles. The van der Waals surface area contributed by atoms with Crippen LogP contribution in [0.5, 0.6) is 0 Å². The van der Waals surface area contributed by atoms with Crippen LogP contribution in [0.15, 0.2) is 41.0 Å². The number of carbonyl (C=O) groups excluding carboxylic acids is 1. The van der Waals surface area contributed by atoms with E-state index in [0.29, 0.717) is 19.4 Å². The van der Waals surface area contributed by atoms with E-state index in [1.165, 1.54) is 0 Å². The number of benzene rings is 1. The topological polar surface area (TPSA) is 59.5 Å². The van der Waals surface area contributed by atoms with Crippen molar-refractivity contribution in [3.8, 4) is 0 Å². The third kappa shape index (κ3) is 3.41. The normalized spacial score (nSPS) is 10.5. The number of furan rings is 1. The van der Waals surface area contributed by atoms with E-state index in [2.05, 4.69) is 0 Å². The van der Waals surface area contributed by atoms with Crippen molar-refractivity contribution in [1.82, 2.24) is 4.90 Å². The molecular formula is C16H20N2O2. The molecule has 0 aliphatic heterocycles. The van der Waals surface area contributed by atoms with Crippen molar-refractivity contribution in [3.05, 3.63) is 53.5 Å². The first-order chi connectivity index (χ1) is 9.58. The van der Waals surface area contributed by atoms with E-state index < -0.39 is 0 Å². The molecule has 20 heavy (non-hydrogen) atoms. The molecule has 1 amide bonds. The molecule has 106 valence electrons. The van der Waals surface area contributed by atoms with Crippen LogP contribution in [0.4, 0.5) is 5.69 Å². The van der Waals surface area contributed by atoms with Crippen molar-refractivity contribution in [2.45, 2.75) is 26.3 Å². The maximum absolute atomic E-state index is 12.1. The van der Waals surface area contributed by atoms with E-state index in [-0.39, 0.29) is 5.91 Å². The Kier molecular flexibility index (Phi) is 4.45. The Morgan fingerprint density at radius 3 is 2.65 bits per heavy atom. The van der Waals surface area contributed by atoms with Crippen molar-refractivity contribution < 1.29 is 9.21 Å². The first-order valence-corrected chi connectivity index (χ1v) is 6.68. The molecular weight excluding hydrogens is 252 g/mol. The lowest BCUT2D eigenvalue weighted by Crippen LogP contribution is -2.26. The monoisotopic (exact) mass is 272 g/mol. The molecule has 0 unspecified atom stereocenters. The standard InChI is InChI=1S/C16H20N2O2/c1-12-14(9-10-20-12)11-18(2)16(19)8-7-13-5-3-4-6-15(13)17/h3-6,9-10H,7-8,11,17H2,1-2H3. The quantitative estimate of drug-likeness (QED) is 0.851. The minimum absolute atomic E-state index is 0.105. The fourth-order valence-electron chi connectivity index (χ4n) is 2.11. The fourth-order valence-corrected chi connectivity index (χ4v) is 2.11. The van der Waals surface area contributed by atoms with Crippen LogP contribution in [0.25, 0.3) is 0 Å². The summed E-state index contributed by atoms with van der Waals surface area (Å²) in [4.78, 5) is 13.8. The Morgan fingerprint density at radius 1 is 1.25 bits per heavy atom. The second-order valence-electron chi connectivity index (χ2n) is 4.95. The van der Waals surface area contributed by atoms with E-state index >= 15 is 0 Å². The largest absolute Gasteiger partial charge is 0.469 e. The number of anilines is 1. The van der Waals surface area contributed by atoms with Crippen LogP contribution in [0.2, 0.25) is 0 Å². The van der Waals surface area contributed by atoms with E-state index in [1.807, 2.05) is 44.3 Å². The van der Waals surface area contributed by atoms with Gasteiger partial charge in [0.2, 0.25) is 5.91 Å². The molecule has 2 rings (SSSR count). The van der Waals surface area contributed by atoms with Gasteiger partial charge in [-0.25, -0.2) is 0 Å². The molecule has 1 aromatic heterocycles. The number of nitrogens with zero attached hydrogens (tertiary/aromatic N) is 1. The van der Waals surface area contributed by atoms with Crippen molar-refractivity contribution in [3.63, 3.8) is 0 Å². The van der Waals surface area contributed by atoms with Gasteiger partial charge in [-0.3, -0.25) is 4.79 Å². The molecule has 4 heteroatoms. The van der Waals surface area contributed by atoms with Gasteiger partial charge >= 0.3 is 0 Å². The average molecular weight is 272 g/mol. The van der Waals surface area contributed by atoms with Gasteiger partial charge in [-0.2, -0.15) is 0 Å². The lowest BCUT2D eigenvalue weighted by Gasteiger charge is -2.17. The Bertz CT molecular complexity index is 590. The molecule has 0 radical (unpaired) electrons. The smallest absolute Gasteiger partial charge is 0.222 e. The summed E-state index contributed by atoms with van der Waals surface area (Å²) in [5.41, 5.74) is 8.68. The van der Waals surface area contributed by atoms with E-state index in [0.717, 1.165) is 22.6 Å². The molecule has 2 N–H and O–H groups in total. The predicted molar refractivity (Wildman–Crippen MR) is 79.1 cm³/mol. The van der Waals surface area contributed by atoms with Crippen LogP contribution in [0, 0.1) is 6.92 Å². The Balaban J connectivity index is 1.89. The molecule has 2 aromatic rings. The van der Waals surface area contributed by atoms with Crippen molar-refractivity contribution >= 4 is 11.6 Å². The summed E-state index contributed by atoms with van der Waals surface area (Å²) in [5.74, 6) is 0.964. The number of amides is 1. The highest BCUT2D eigenvalue weighted by Crippen LogP contribution is 2.15. The lowest BCUT2D eigenvalue weighted by molar-refractivity contribution is -0.130. The average Bonchev–Trinajstić information content (AvgIpc) is 2.83. The minimum Gasteiger partial charge on any atom is -0.469 e. The minimum atomic E-state index is 0.105. The molecule has 0 saturated carbocycles. The van der Waals surface area contributed by atoms with Gasteiger partial charge in [-0.05, 0) is 31.0 Å². The number of nitrogen functional groups attached to an aromatic ring is 1. The summed E-state index contributed by atoms with van der Waals surface area (Å²) < 4.78 is 5.24. The van der Waals surface area contributed by atoms with Crippen molar-refractivity contribution in [2.75, 3.05) is 12.8 Å². The summed E-state index contributed by atoms with van der Waals surface area (Å²) in [6, 6.07) is 9.55. The molecule has 0 bridgehead atoms. The molecule has 0 spiro atoms. The summed E-state index contributed by atoms with van der Waals surface area (Å²) in [7, 11) is 1.81. The first kappa shape index (κ1) is 14.2. The summed E-state index contributed by atoms with van der Waals surface area (Å²) in [6.07, 6.45) is 2.77. The number of rotatable bonds is 5. The second-order valence-corrected chi connectivity index (χ2v) is 4.95. The molecule has 0 aliphatic rings. The summed E-state index contributed by atoms with van der Waals surface area (Å²) >= 11 is 0. The zero-order chi connectivity index (χ0) is 14.5. The highest BCUT2D eigenvalue weighted by Gasteiger charge is 2.12. The Hall–Kier alpha value is -2.23. The third-order valence-corrected chi connectivity index (χ3v) is 3.46. The van der Waals surface area contributed by atoms with Crippen LogP contribution in [-0.4, -0.2) is 17.9 Å². The number of para-hydroxylation sites is 1. The van der Waals surface area contributed by atoms with E-state index in [1.54, 1.807) is 11.2 Å².